The third-order valence-corrected chi connectivity index (χ3v) is 3.39. The highest BCUT2D eigenvalue weighted by Gasteiger charge is 2.58. The molecule has 4 unspecified atom stereocenters. The minimum atomic E-state index is 0.0888. The minimum absolute atomic E-state index is 0.0888. The Balaban J connectivity index is 2.04. The van der Waals surface area contributed by atoms with Crippen LogP contribution in [0.15, 0.2) is 0 Å². The third kappa shape index (κ3) is 0.386. The van der Waals surface area contributed by atoms with Crippen molar-refractivity contribution < 1.29 is 9.53 Å². The van der Waals surface area contributed by atoms with Crippen molar-refractivity contribution in [3.63, 3.8) is 0 Å². The van der Waals surface area contributed by atoms with Gasteiger partial charge in [0.2, 0.25) is 0 Å². The van der Waals surface area contributed by atoms with Crippen LogP contribution >= 0.6 is 0 Å². The topological polar surface area (TPSA) is 26.3 Å². The maximum absolute atomic E-state index is 11.0. The zero-order valence-corrected chi connectivity index (χ0v) is 5.75. The molecule has 10 heavy (non-hydrogen) atoms. The van der Waals surface area contributed by atoms with E-state index in [1.165, 1.54) is 12.8 Å². The quantitative estimate of drug-likeness (QED) is 0.466. The Labute approximate surface area is 59.6 Å². The fourth-order valence-electron chi connectivity index (χ4n) is 2.94. The second-order valence-electron chi connectivity index (χ2n) is 3.74. The molecule has 2 aliphatic carbocycles. The first-order valence-electron chi connectivity index (χ1n) is 4.07. The zero-order chi connectivity index (χ0) is 6.72. The van der Waals surface area contributed by atoms with E-state index in [2.05, 4.69) is 0 Å². The second kappa shape index (κ2) is 1.39. The highest BCUT2D eigenvalue weighted by molar-refractivity contribution is 5.76. The van der Waals surface area contributed by atoms with Gasteiger partial charge in [0.1, 0.15) is 6.10 Å². The fourth-order valence-corrected chi connectivity index (χ4v) is 2.94. The van der Waals surface area contributed by atoms with Gasteiger partial charge in [0.05, 0.1) is 5.92 Å². The molecule has 0 aromatic rings. The molecular weight excluding hydrogens is 128 g/mol. The predicted octanol–water partition coefficient (Wildman–Crippen LogP) is 0.958. The van der Waals surface area contributed by atoms with Crippen molar-refractivity contribution in [3.8, 4) is 0 Å². The molecule has 3 aliphatic rings. The summed E-state index contributed by atoms with van der Waals surface area (Å²) < 4.78 is 5.21. The summed E-state index contributed by atoms with van der Waals surface area (Å²) in [5.41, 5.74) is 0. The van der Waals surface area contributed by atoms with Gasteiger partial charge in [-0.15, -0.1) is 0 Å². The molecule has 3 rings (SSSR count). The summed E-state index contributed by atoms with van der Waals surface area (Å²) in [6, 6.07) is 0. The van der Waals surface area contributed by atoms with Crippen molar-refractivity contribution >= 4 is 5.97 Å². The molecule has 3 fully saturated rings. The monoisotopic (exact) mass is 138 g/mol. The largest absolute Gasteiger partial charge is 0.462 e. The first kappa shape index (κ1) is 5.16. The lowest BCUT2D eigenvalue weighted by Crippen LogP contribution is -2.22. The van der Waals surface area contributed by atoms with Gasteiger partial charge in [-0.1, -0.05) is 0 Å². The molecule has 0 aromatic heterocycles. The Bertz CT molecular complexity index is 199. The lowest BCUT2D eigenvalue weighted by Gasteiger charge is -2.19. The van der Waals surface area contributed by atoms with Gasteiger partial charge in [-0.2, -0.15) is 0 Å². The molecule has 54 valence electrons. The van der Waals surface area contributed by atoms with Gasteiger partial charge >= 0.3 is 5.97 Å². The predicted molar refractivity (Wildman–Crippen MR) is 34.2 cm³/mol. The lowest BCUT2D eigenvalue weighted by molar-refractivity contribution is -0.150. The van der Waals surface area contributed by atoms with Crippen LogP contribution in [0, 0.1) is 17.8 Å². The molecule has 4 atom stereocenters. The summed E-state index contributed by atoms with van der Waals surface area (Å²) in [5, 5.41) is 0. The summed E-state index contributed by atoms with van der Waals surface area (Å²) in [6.07, 6.45) is 4.02. The van der Waals surface area contributed by atoms with Crippen molar-refractivity contribution in [1.82, 2.24) is 0 Å². The Hall–Kier alpha value is -0.530. The van der Waals surface area contributed by atoms with Crippen LogP contribution in [0.4, 0.5) is 0 Å². The molecule has 1 heterocycles. The highest BCUT2D eigenvalue weighted by Crippen LogP contribution is 2.54. The van der Waals surface area contributed by atoms with Crippen LogP contribution in [0.1, 0.15) is 19.3 Å². The molecule has 0 radical (unpaired) electrons. The van der Waals surface area contributed by atoms with Crippen LogP contribution in [0.3, 0.4) is 0 Å². The Kier molecular flexibility index (Phi) is 0.715. The van der Waals surface area contributed by atoms with Gasteiger partial charge in [-0.3, -0.25) is 4.79 Å². The third-order valence-electron chi connectivity index (χ3n) is 3.39. The maximum Gasteiger partial charge on any atom is 0.309 e. The van der Waals surface area contributed by atoms with Crippen LogP contribution in [-0.4, -0.2) is 12.1 Å². The smallest absolute Gasteiger partial charge is 0.309 e. The molecule has 2 heteroatoms. The number of hydrogen-bond donors (Lipinski definition) is 0. The summed E-state index contributed by atoms with van der Waals surface area (Å²) in [4.78, 5) is 11.0. The molecule has 1 saturated heterocycles. The van der Waals surface area contributed by atoms with Gasteiger partial charge in [0, 0.05) is 5.92 Å². The lowest BCUT2D eigenvalue weighted by atomic mass is 9.89. The van der Waals surface area contributed by atoms with Gasteiger partial charge in [-0.25, -0.2) is 0 Å². The van der Waals surface area contributed by atoms with Crippen LogP contribution in [0.2, 0.25) is 0 Å². The molecular formula is C8H10O2. The number of ether oxygens (including phenoxy) is 1. The van der Waals surface area contributed by atoms with E-state index in [-0.39, 0.29) is 5.97 Å². The van der Waals surface area contributed by atoms with Crippen LogP contribution in [-0.2, 0) is 9.53 Å². The molecule has 2 saturated carbocycles. The summed E-state index contributed by atoms with van der Waals surface area (Å²) in [6.45, 7) is 0. The van der Waals surface area contributed by atoms with E-state index >= 15 is 0 Å². The average Bonchev–Trinajstić information content (AvgIpc) is 2.53. The van der Waals surface area contributed by atoms with Crippen molar-refractivity contribution in [1.29, 1.82) is 0 Å². The number of carbonyl (C=O) groups is 1. The Morgan fingerprint density at radius 2 is 2.30 bits per heavy atom. The number of rotatable bonds is 0. The van der Waals surface area contributed by atoms with E-state index in [9.17, 15) is 4.79 Å². The zero-order valence-electron chi connectivity index (χ0n) is 5.75. The molecule has 1 aliphatic heterocycles. The van der Waals surface area contributed by atoms with E-state index < -0.39 is 0 Å². The normalized spacial score (nSPS) is 55.8. The van der Waals surface area contributed by atoms with Gasteiger partial charge in [0.15, 0.2) is 0 Å². The molecule has 0 aromatic carbocycles. The van der Waals surface area contributed by atoms with Gasteiger partial charge in [0.25, 0.3) is 0 Å². The van der Waals surface area contributed by atoms with E-state index in [1.807, 2.05) is 0 Å². The first-order chi connectivity index (χ1) is 4.86. The molecule has 4 bridgehead atoms. The Morgan fingerprint density at radius 3 is 2.90 bits per heavy atom. The highest BCUT2D eigenvalue weighted by atomic mass is 16.6. The van der Waals surface area contributed by atoms with Crippen LogP contribution < -0.4 is 0 Å². The van der Waals surface area contributed by atoms with Crippen molar-refractivity contribution in [2.45, 2.75) is 25.4 Å². The first-order valence-corrected chi connectivity index (χ1v) is 4.07. The molecule has 0 N–H and O–H groups in total. The molecule has 2 nitrogen and oxygen atoms in total. The van der Waals surface area contributed by atoms with Crippen LogP contribution in [0.5, 0.6) is 0 Å². The van der Waals surface area contributed by atoms with Crippen molar-refractivity contribution in [3.05, 3.63) is 0 Å². The van der Waals surface area contributed by atoms with Gasteiger partial charge in [-0.05, 0) is 25.2 Å². The SMILES string of the molecule is O=C1OC2C3CCC2C1C3. The second-order valence-corrected chi connectivity index (χ2v) is 3.74. The summed E-state index contributed by atoms with van der Waals surface area (Å²) in [5.74, 6) is 1.76. The Morgan fingerprint density at radius 1 is 1.40 bits per heavy atom. The van der Waals surface area contributed by atoms with Crippen molar-refractivity contribution in [2.75, 3.05) is 0 Å². The minimum Gasteiger partial charge on any atom is -0.462 e. The van der Waals surface area contributed by atoms with Crippen molar-refractivity contribution in [2.24, 2.45) is 17.8 Å². The summed E-state index contributed by atoms with van der Waals surface area (Å²) in [7, 11) is 0. The number of esters is 1. The van der Waals surface area contributed by atoms with Crippen LogP contribution in [0.25, 0.3) is 0 Å². The average molecular weight is 138 g/mol. The fraction of sp³-hybridized carbons (Fsp3) is 0.875. The molecule has 0 spiro atoms. The number of hydrogen-bond acceptors (Lipinski definition) is 2. The van der Waals surface area contributed by atoms with E-state index in [1.54, 1.807) is 0 Å². The van der Waals surface area contributed by atoms with E-state index in [0.29, 0.717) is 17.9 Å². The standard InChI is InChI=1S/C8H10O2/c9-8-6-3-4-1-2-5(6)7(4)10-8/h4-7H,1-3H2. The maximum atomic E-state index is 11.0. The van der Waals surface area contributed by atoms with Gasteiger partial charge < -0.3 is 4.74 Å². The molecule has 0 amide bonds. The van der Waals surface area contributed by atoms with E-state index in [0.717, 1.165) is 12.3 Å². The number of carbonyl (C=O) groups excluding carboxylic acids is 1. The summed E-state index contributed by atoms with van der Waals surface area (Å²) >= 11 is 0. The van der Waals surface area contributed by atoms with E-state index in [4.69, 9.17) is 4.74 Å².